The summed E-state index contributed by atoms with van der Waals surface area (Å²) in [6.07, 6.45) is 4.63. The number of benzene rings is 1. The van der Waals surface area contributed by atoms with Crippen LogP contribution in [0, 0.1) is 30.0 Å². The molecule has 0 spiro atoms. The number of amides is 2. The number of nitrogens with one attached hydrogen (secondary N) is 2. The molecule has 4 aliphatic carbocycles. The van der Waals surface area contributed by atoms with Gasteiger partial charge in [0.15, 0.2) is 0 Å². The van der Waals surface area contributed by atoms with E-state index in [1.807, 2.05) is 0 Å². The van der Waals surface area contributed by atoms with Crippen molar-refractivity contribution in [2.45, 2.75) is 75.3 Å². The molecule has 0 heterocycles. The SMILES string of the molecule is Cc1ccc(S(=O)(=O)NC(C)(C)C(=O)NC23CC4CC(C2)CC(C(N)=O)(C4)C3)cc1F. The number of rotatable bonds is 6. The number of halogens is 1. The molecule has 2 atom stereocenters. The Morgan fingerprint density at radius 1 is 1.16 bits per heavy atom. The molecule has 4 bridgehead atoms. The first-order valence-electron chi connectivity index (χ1n) is 10.7. The van der Waals surface area contributed by atoms with Crippen molar-refractivity contribution in [2.75, 3.05) is 0 Å². The Kier molecular flexibility index (Phi) is 5.01. The van der Waals surface area contributed by atoms with Gasteiger partial charge in [-0.15, -0.1) is 0 Å². The van der Waals surface area contributed by atoms with Crippen LogP contribution in [0.4, 0.5) is 4.39 Å². The van der Waals surface area contributed by atoms with Gasteiger partial charge >= 0.3 is 0 Å². The van der Waals surface area contributed by atoms with E-state index in [1.54, 1.807) is 6.92 Å². The van der Waals surface area contributed by atoms with E-state index in [1.165, 1.54) is 26.0 Å². The van der Waals surface area contributed by atoms with Gasteiger partial charge in [0.05, 0.1) is 10.3 Å². The Morgan fingerprint density at radius 3 is 2.32 bits per heavy atom. The number of carbonyl (C=O) groups is 2. The van der Waals surface area contributed by atoms with Crippen molar-refractivity contribution in [2.24, 2.45) is 23.0 Å². The molecule has 0 aliphatic heterocycles. The van der Waals surface area contributed by atoms with Crippen LogP contribution in [-0.4, -0.2) is 31.3 Å². The summed E-state index contributed by atoms with van der Waals surface area (Å²) >= 11 is 0. The maximum Gasteiger partial charge on any atom is 0.241 e. The quantitative estimate of drug-likeness (QED) is 0.614. The largest absolute Gasteiger partial charge is 0.369 e. The van der Waals surface area contributed by atoms with E-state index in [0.29, 0.717) is 23.8 Å². The van der Waals surface area contributed by atoms with Crippen LogP contribution in [0.1, 0.15) is 57.9 Å². The molecule has 0 aromatic heterocycles. The van der Waals surface area contributed by atoms with E-state index in [4.69, 9.17) is 5.73 Å². The molecule has 1 aromatic rings. The van der Waals surface area contributed by atoms with Gasteiger partial charge in [-0.3, -0.25) is 9.59 Å². The lowest BCUT2D eigenvalue weighted by atomic mass is 9.46. The van der Waals surface area contributed by atoms with Gasteiger partial charge in [0.25, 0.3) is 0 Å². The minimum Gasteiger partial charge on any atom is -0.369 e. The highest BCUT2D eigenvalue weighted by Crippen LogP contribution is 2.61. The van der Waals surface area contributed by atoms with Crippen LogP contribution >= 0.6 is 0 Å². The van der Waals surface area contributed by atoms with E-state index in [-0.39, 0.29) is 10.8 Å². The Bertz CT molecular complexity index is 1040. The summed E-state index contributed by atoms with van der Waals surface area (Å²) in [6, 6.07) is 3.64. The molecule has 0 radical (unpaired) electrons. The Morgan fingerprint density at radius 2 is 1.77 bits per heavy atom. The zero-order valence-corrected chi connectivity index (χ0v) is 18.9. The fourth-order valence-corrected chi connectivity index (χ4v) is 7.66. The zero-order valence-electron chi connectivity index (χ0n) is 18.1. The highest BCUT2D eigenvalue weighted by Gasteiger charge is 2.61. The van der Waals surface area contributed by atoms with Gasteiger partial charge < -0.3 is 11.1 Å². The molecule has 1 aromatic carbocycles. The molecular formula is C22H30FN3O4S. The predicted molar refractivity (Wildman–Crippen MR) is 113 cm³/mol. The van der Waals surface area contributed by atoms with Crippen LogP contribution in [0.5, 0.6) is 0 Å². The molecule has 2 amide bonds. The average molecular weight is 452 g/mol. The predicted octanol–water partition coefficient (Wildman–Crippen LogP) is 2.13. The maximum atomic E-state index is 13.9. The Labute approximate surface area is 182 Å². The lowest BCUT2D eigenvalue weighted by molar-refractivity contribution is -0.151. The van der Waals surface area contributed by atoms with Crippen LogP contribution in [0.25, 0.3) is 0 Å². The van der Waals surface area contributed by atoms with Crippen LogP contribution < -0.4 is 15.8 Å². The third-order valence-corrected chi connectivity index (χ3v) is 9.03. The highest BCUT2D eigenvalue weighted by molar-refractivity contribution is 7.89. The van der Waals surface area contributed by atoms with Crippen LogP contribution in [0.2, 0.25) is 0 Å². The summed E-state index contributed by atoms with van der Waals surface area (Å²) in [5.41, 5.74) is 3.50. The normalized spacial score (nSPS) is 32.1. The van der Waals surface area contributed by atoms with Crippen molar-refractivity contribution in [3.05, 3.63) is 29.6 Å². The van der Waals surface area contributed by atoms with Crippen molar-refractivity contribution in [1.29, 1.82) is 0 Å². The van der Waals surface area contributed by atoms with Gasteiger partial charge in [-0.2, -0.15) is 4.72 Å². The third-order valence-electron chi connectivity index (χ3n) is 7.37. The maximum absolute atomic E-state index is 13.9. The van der Waals surface area contributed by atoms with Crippen LogP contribution in [0.15, 0.2) is 23.1 Å². The smallest absolute Gasteiger partial charge is 0.241 e. The van der Waals surface area contributed by atoms with Crippen molar-refractivity contribution < 1.29 is 22.4 Å². The van der Waals surface area contributed by atoms with E-state index in [9.17, 15) is 22.4 Å². The second-order valence-electron chi connectivity index (χ2n) is 10.5. The van der Waals surface area contributed by atoms with Gasteiger partial charge in [0.2, 0.25) is 21.8 Å². The summed E-state index contributed by atoms with van der Waals surface area (Å²) in [4.78, 5) is 25.2. The second-order valence-corrected chi connectivity index (χ2v) is 12.2. The Balaban J connectivity index is 1.54. The second kappa shape index (κ2) is 7.00. The molecule has 7 nitrogen and oxygen atoms in total. The molecular weight excluding hydrogens is 421 g/mol. The number of aryl methyl sites for hydroxylation is 1. The van der Waals surface area contributed by atoms with Crippen LogP contribution in [-0.2, 0) is 19.6 Å². The Hall–Kier alpha value is -2.00. The van der Waals surface area contributed by atoms with Gasteiger partial charge in [0, 0.05) is 5.54 Å². The third kappa shape index (κ3) is 3.86. The fourth-order valence-electron chi connectivity index (χ4n) is 6.28. The summed E-state index contributed by atoms with van der Waals surface area (Å²) in [7, 11) is -4.12. The zero-order chi connectivity index (χ0) is 22.8. The molecule has 4 N–H and O–H groups in total. The monoisotopic (exact) mass is 451 g/mol. The first kappa shape index (κ1) is 22.2. The summed E-state index contributed by atoms with van der Waals surface area (Å²) < 4.78 is 41.9. The number of sulfonamides is 1. The number of carbonyl (C=O) groups excluding carboxylic acids is 2. The van der Waals surface area contributed by atoms with Gasteiger partial charge in [-0.1, -0.05) is 6.07 Å². The molecule has 0 saturated heterocycles. The van der Waals surface area contributed by atoms with E-state index < -0.39 is 38.2 Å². The van der Waals surface area contributed by atoms with Crippen molar-refractivity contribution >= 4 is 21.8 Å². The molecule has 2 unspecified atom stereocenters. The van der Waals surface area contributed by atoms with E-state index >= 15 is 0 Å². The molecule has 4 aliphatic rings. The summed E-state index contributed by atoms with van der Waals surface area (Å²) in [5, 5.41) is 3.09. The van der Waals surface area contributed by atoms with Crippen LogP contribution in [0.3, 0.4) is 0 Å². The molecule has 4 fully saturated rings. The van der Waals surface area contributed by atoms with Crippen molar-refractivity contribution in [1.82, 2.24) is 10.0 Å². The topological polar surface area (TPSA) is 118 Å². The first-order chi connectivity index (χ1) is 14.3. The average Bonchev–Trinajstić information content (AvgIpc) is 2.61. The number of hydrogen-bond donors (Lipinski definition) is 3. The summed E-state index contributed by atoms with van der Waals surface area (Å²) in [6.45, 7) is 4.50. The molecule has 4 saturated carbocycles. The lowest BCUT2D eigenvalue weighted by Crippen LogP contribution is -2.68. The highest BCUT2D eigenvalue weighted by atomic mass is 32.2. The lowest BCUT2D eigenvalue weighted by Gasteiger charge is -2.61. The standard InChI is InChI=1S/C22H30FN3O4S/c1-13-4-5-16(7-17(13)23)31(29,30)26-20(2,3)19(28)25-22-10-14-6-15(11-22)9-21(8-14,12-22)18(24)27/h4-5,7,14-15,26H,6,8-12H2,1-3H3,(H2,24,27)(H,25,28). The van der Waals surface area contributed by atoms with Gasteiger partial charge in [0.1, 0.15) is 11.4 Å². The fraction of sp³-hybridized carbons (Fsp3) is 0.636. The number of primary amides is 1. The van der Waals surface area contributed by atoms with Gasteiger partial charge in [-0.25, -0.2) is 12.8 Å². The molecule has 31 heavy (non-hydrogen) atoms. The molecule has 5 rings (SSSR count). The molecule has 9 heteroatoms. The minimum atomic E-state index is -4.12. The first-order valence-corrected chi connectivity index (χ1v) is 12.2. The minimum absolute atomic E-state index is 0.237. The van der Waals surface area contributed by atoms with Gasteiger partial charge in [-0.05, 0) is 88.8 Å². The van der Waals surface area contributed by atoms with E-state index in [2.05, 4.69) is 10.0 Å². The number of nitrogens with two attached hydrogens (primary N) is 1. The van der Waals surface area contributed by atoms with Crippen molar-refractivity contribution in [3.63, 3.8) is 0 Å². The van der Waals surface area contributed by atoms with E-state index in [0.717, 1.165) is 38.2 Å². The molecule has 170 valence electrons. The van der Waals surface area contributed by atoms with Crippen molar-refractivity contribution in [3.8, 4) is 0 Å². The number of hydrogen-bond acceptors (Lipinski definition) is 4. The summed E-state index contributed by atoms with van der Waals surface area (Å²) in [5.74, 6) is -0.726.